The zero-order valence-electron chi connectivity index (χ0n) is 28.8. The normalized spacial score (nSPS) is 14.2. The van der Waals surface area contributed by atoms with Gasteiger partial charge in [0.15, 0.2) is 0 Å². The number of ether oxygens (including phenoxy) is 2. The van der Waals surface area contributed by atoms with Gasteiger partial charge in [0.2, 0.25) is 5.91 Å². The van der Waals surface area contributed by atoms with E-state index in [2.05, 4.69) is 26.4 Å². The maximum Gasteiger partial charge on any atom is 0.407 e. The van der Waals surface area contributed by atoms with Crippen LogP contribution >= 0.6 is 11.3 Å². The Morgan fingerprint density at radius 2 is 1.49 bits per heavy atom. The molecule has 0 spiro atoms. The van der Waals surface area contributed by atoms with Crippen molar-refractivity contribution >= 4 is 35.3 Å². The molecular formula is C35H48N6O7S. The molecule has 0 saturated carbocycles. The molecule has 2 aromatic carbocycles. The van der Waals surface area contributed by atoms with Crippen molar-refractivity contribution in [2.24, 2.45) is 11.8 Å². The van der Waals surface area contributed by atoms with Crippen LogP contribution in [-0.4, -0.2) is 84.1 Å². The summed E-state index contributed by atoms with van der Waals surface area (Å²) in [4.78, 5) is 55.7. The van der Waals surface area contributed by atoms with Gasteiger partial charge in [-0.2, -0.15) is 0 Å². The number of nitrogens with zero attached hydrogens (tertiary/aromatic N) is 2. The number of carbonyl (C=O) groups excluding carboxylic acids is 4. The number of alkyl carbamates (subject to hydrolysis) is 2. The monoisotopic (exact) mass is 696 g/mol. The van der Waals surface area contributed by atoms with Crippen LogP contribution in [0.25, 0.3) is 10.6 Å². The van der Waals surface area contributed by atoms with E-state index in [4.69, 9.17) is 9.47 Å². The Bertz CT molecular complexity index is 1470. The second-order valence-corrected chi connectivity index (χ2v) is 13.0. The highest BCUT2D eigenvalue weighted by atomic mass is 32.1. The summed E-state index contributed by atoms with van der Waals surface area (Å²) in [7, 11) is 2.44. The first-order chi connectivity index (χ1) is 23.4. The van der Waals surface area contributed by atoms with Gasteiger partial charge in [-0.1, -0.05) is 88.7 Å². The maximum absolute atomic E-state index is 13.7. The van der Waals surface area contributed by atoms with Gasteiger partial charge in [-0.05, 0) is 29.4 Å². The van der Waals surface area contributed by atoms with Gasteiger partial charge in [-0.25, -0.2) is 19.6 Å². The fourth-order valence-electron chi connectivity index (χ4n) is 5.10. The molecule has 1 heterocycles. The van der Waals surface area contributed by atoms with Crippen molar-refractivity contribution < 1.29 is 33.8 Å². The number of hydrazine groups is 1. The number of thiazole rings is 1. The van der Waals surface area contributed by atoms with Crippen molar-refractivity contribution in [1.82, 2.24) is 31.4 Å². The zero-order valence-corrected chi connectivity index (χ0v) is 29.7. The predicted molar refractivity (Wildman–Crippen MR) is 187 cm³/mol. The molecule has 0 aliphatic heterocycles. The topological polar surface area (TPSA) is 171 Å². The quantitative estimate of drug-likeness (QED) is 0.131. The molecule has 49 heavy (non-hydrogen) atoms. The maximum atomic E-state index is 13.7. The number of aliphatic hydroxyl groups excluding tert-OH is 1. The molecule has 14 heteroatoms. The van der Waals surface area contributed by atoms with Gasteiger partial charge in [-0.15, -0.1) is 11.3 Å². The van der Waals surface area contributed by atoms with Gasteiger partial charge in [0.25, 0.3) is 5.91 Å². The molecule has 0 aliphatic carbocycles. The number of aliphatic hydroxyl groups is 1. The molecule has 3 aromatic rings. The molecule has 4 amide bonds. The molecule has 0 fully saturated rings. The molecule has 5 N–H and O–H groups in total. The van der Waals surface area contributed by atoms with E-state index in [1.165, 1.54) is 25.6 Å². The molecule has 5 atom stereocenters. The molecule has 0 radical (unpaired) electrons. The molecule has 5 unspecified atom stereocenters. The van der Waals surface area contributed by atoms with E-state index < -0.39 is 48.2 Å². The van der Waals surface area contributed by atoms with Gasteiger partial charge < -0.3 is 30.5 Å². The first kappa shape index (κ1) is 38.9. The Balaban J connectivity index is 1.91. The SMILES string of the molecule is CCC(C)C(NC(=O)OC)C(=O)NN(Cc1ccc(-c2nccs2)cc1)CC(O)C(Cc1ccccc1)NC(=O)C(NC(=O)OC)C(C)C. The van der Waals surface area contributed by atoms with Gasteiger partial charge >= 0.3 is 12.2 Å². The van der Waals surface area contributed by atoms with Gasteiger partial charge in [0.05, 0.1) is 26.4 Å². The molecule has 3 rings (SSSR count). The van der Waals surface area contributed by atoms with Crippen LogP contribution in [0.4, 0.5) is 9.59 Å². The van der Waals surface area contributed by atoms with E-state index in [1.54, 1.807) is 25.1 Å². The lowest BCUT2D eigenvalue weighted by Gasteiger charge is -2.33. The molecule has 0 aliphatic rings. The van der Waals surface area contributed by atoms with Crippen molar-refractivity contribution in [3.63, 3.8) is 0 Å². The third kappa shape index (κ3) is 12.1. The smallest absolute Gasteiger partial charge is 0.407 e. The molecule has 0 saturated heterocycles. The fourth-order valence-corrected chi connectivity index (χ4v) is 5.74. The Morgan fingerprint density at radius 1 is 0.857 bits per heavy atom. The summed E-state index contributed by atoms with van der Waals surface area (Å²) in [5.74, 6) is -1.49. The van der Waals surface area contributed by atoms with E-state index in [9.17, 15) is 24.3 Å². The fraction of sp³-hybridized carbons (Fsp3) is 0.457. The standard InChI is InChI=1S/C35H48N6O7S/c1-7-23(4)30(39-35(46)48-6)32(44)40-41(20-25-13-15-26(16-14-25)33-36-17-18-49-33)21-28(42)27(19-24-11-9-8-10-12-24)37-31(43)29(22(2)3)38-34(45)47-5/h8-18,22-23,27-30,42H,7,19-21H2,1-6H3,(H,37,43)(H,38,45)(H,39,46)(H,40,44). The van der Waals surface area contributed by atoms with Gasteiger partial charge in [0, 0.05) is 30.2 Å². The second-order valence-electron chi connectivity index (χ2n) is 12.1. The first-order valence-electron chi connectivity index (χ1n) is 16.2. The molecular weight excluding hydrogens is 648 g/mol. The molecule has 1 aromatic heterocycles. The van der Waals surface area contributed by atoms with E-state index in [0.29, 0.717) is 6.42 Å². The number of amides is 4. The Morgan fingerprint density at radius 3 is 2.04 bits per heavy atom. The Kier molecular flexibility index (Phi) is 15.5. The highest BCUT2D eigenvalue weighted by molar-refractivity contribution is 7.13. The second kappa shape index (κ2) is 19.5. The largest absolute Gasteiger partial charge is 0.453 e. The minimum atomic E-state index is -1.19. The van der Waals surface area contributed by atoms with Gasteiger partial charge in [-0.3, -0.25) is 15.0 Å². The summed E-state index contributed by atoms with van der Waals surface area (Å²) >= 11 is 1.52. The van der Waals surface area contributed by atoms with Crippen LogP contribution in [0, 0.1) is 11.8 Å². The van der Waals surface area contributed by atoms with Crippen LogP contribution in [0.5, 0.6) is 0 Å². The van der Waals surface area contributed by atoms with Crippen LogP contribution in [0.15, 0.2) is 66.2 Å². The van der Waals surface area contributed by atoms with E-state index in [1.807, 2.05) is 73.8 Å². The number of rotatable bonds is 17. The number of methoxy groups -OCH3 is 2. The highest BCUT2D eigenvalue weighted by Crippen LogP contribution is 2.22. The lowest BCUT2D eigenvalue weighted by molar-refractivity contribution is -0.131. The minimum absolute atomic E-state index is 0.0972. The van der Waals surface area contributed by atoms with Crippen LogP contribution < -0.4 is 21.4 Å². The van der Waals surface area contributed by atoms with E-state index in [0.717, 1.165) is 21.7 Å². The summed E-state index contributed by atoms with van der Waals surface area (Å²) in [6.07, 6.45) is -0.0792. The lowest BCUT2D eigenvalue weighted by Crippen LogP contribution is -2.59. The zero-order chi connectivity index (χ0) is 35.9. The molecule has 13 nitrogen and oxygen atoms in total. The highest BCUT2D eigenvalue weighted by Gasteiger charge is 2.32. The Hall–Kier alpha value is -4.53. The van der Waals surface area contributed by atoms with E-state index >= 15 is 0 Å². The van der Waals surface area contributed by atoms with Crippen LogP contribution in [0.1, 0.15) is 45.2 Å². The van der Waals surface area contributed by atoms with Crippen molar-refractivity contribution in [2.75, 3.05) is 20.8 Å². The average Bonchev–Trinajstić information content (AvgIpc) is 3.64. The summed E-state index contributed by atoms with van der Waals surface area (Å²) in [6, 6.07) is 14.4. The number of benzene rings is 2. The number of hydrogen-bond donors (Lipinski definition) is 5. The third-order valence-corrected chi connectivity index (χ3v) is 8.96. The predicted octanol–water partition coefficient (Wildman–Crippen LogP) is 3.88. The van der Waals surface area contributed by atoms with E-state index in [-0.39, 0.29) is 31.3 Å². The van der Waals surface area contributed by atoms with Crippen molar-refractivity contribution in [1.29, 1.82) is 0 Å². The first-order valence-corrected chi connectivity index (χ1v) is 17.1. The summed E-state index contributed by atoms with van der Waals surface area (Å²) in [6.45, 7) is 7.42. The Labute approximate surface area is 291 Å². The molecule has 266 valence electrons. The summed E-state index contributed by atoms with van der Waals surface area (Å²) < 4.78 is 9.48. The number of hydrogen-bond acceptors (Lipinski definition) is 10. The molecule has 0 bridgehead atoms. The van der Waals surface area contributed by atoms with Crippen molar-refractivity contribution in [2.45, 2.75) is 71.3 Å². The number of carbonyl (C=O) groups is 4. The van der Waals surface area contributed by atoms with Gasteiger partial charge in [0.1, 0.15) is 17.1 Å². The number of nitrogens with one attached hydrogen (secondary N) is 4. The minimum Gasteiger partial charge on any atom is -0.453 e. The van der Waals surface area contributed by atoms with Crippen LogP contribution in [-0.2, 0) is 32.0 Å². The van der Waals surface area contributed by atoms with Crippen molar-refractivity contribution in [3.8, 4) is 10.6 Å². The third-order valence-electron chi connectivity index (χ3n) is 8.14. The van der Waals surface area contributed by atoms with Crippen LogP contribution in [0.2, 0.25) is 0 Å². The van der Waals surface area contributed by atoms with Crippen LogP contribution in [0.3, 0.4) is 0 Å². The number of aromatic nitrogens is 1. The lowest BCUT2D eigenvalue weighted by atomic mass is 9.98. The van der Waals surface area contributed by atoms with Crippen molar-refractivity contribution in [3.05, 3.63) is 77.3 Å². The average molecular weight is 697 g/mol. The summed E-state index contributed by atoms with van der Waals surface area (Å²) in [5.41, 5.74) is 5.54. The summed E-state index contributed by atoms with van der Waals surface area (Å²) in [5, 5.41) is 24.2.